The van der Waals surface area contributed by atoms with Crippen molar-refractivity contribution in [1.29, 1.82) is 0 Å². The standard InChI is InChI=1S/C17H16BrNO4S2/c18-17-8-4-14(24-17)3-7-16(20)13-1-5-15(6-2-13)25(21,22)19-9-11-23-12-10-19/h1-8H,9-12H2. The van der Waals surface area contributed by atoms with E-state index in [0.29, 0.717) is 31.9 Å². The van der Waals surface area contributed by atoms with E-state index in [1.165, 1.54) is 33.9 Å². The molecule has 2 heterocycles. The van der Waals surface area contributed by atoms with Gasteiger partial charge in [-0.3, -0.25) is 4.79 Å². The van der Waals surface area contributed by atoms with E-state index in [-0.39, 0.29) is 10.7 Å². The number of morpholine rings is 1. The Labute approximate surface area is 159 Å². The van der Waals surface area contributed by atoms with Gasteiger partial charge in [0.25, 0.3) is 0 Å². The van der Waals surface area contributed by atoms with Gasteiger partial charge in [0.2, 0.25) is 10.0 Å². The van der Waals surface area contributed by atoms with Gasteiger partial charge in [-0.25, -0.2) is 8.42 Å². The van der Waals surface area contributed by atoms with Crippen LogP contribution in [0.25, 0.3) is 6.08 Å². The summed E-state index contributed by atoms with van der Waals surface area (Å²) in [6.07, 6.45) is 3.24. The third-order valence-corrected chi connectivity index (χ3v) is 7.24. The number of ketones is 1. The molecule has 0 bridgehead atoms. The first-order valence-corrected chi connectivity index (χ1v) is 10.7. The number of benzene rings is 1. The zero-order valence-corrected chi connectivity index (χ0v) is 16.4. The molecule has 5 nitrogen and oxygen atoms in total. The highest BCUT2D eigenvalue weighted by Crippen LogP contribution is 2.23. The number of hydrogen-bond acceptors (Lipinski definition) is 5. The number of nitrogens with zero attached hydrogens (tertiary/aromatic N) is 1. The summed E-state index contributed by atoms with van der Waals surface area (Å²) in [5.74, 6) is -0.167. The molecule has 0 atom stereocenters. The van der Waals surface area contributed by atoms with Crippen molar-refractivity contribution in [2.75, 3.05) is 26.3 Å². The van der Waals surface area contributed by atoms with Gasteiger partial charge in [-0.2, -0.15) is 4.31 Å². The van der Waals surface area contributed by atoms with Crippen LogP contribution in [0.5, 0.6) is 0 Å². The average molecular weight is 442 g/mol. The van der Waals surface area contributed by atoms with Crippen LogP contribution in [-0.2, 0) is 14.8 Å². The monoisotopic (exact) mass is 441 g/mol. The fourth-order valence-corrected chi connectivity index (χ4v) is 5.13. The molecule has 0 amide bonds. The van der Waals surface area contributed by atoms with E-state index in [0.717, 1.165) is 8.66 Å². The molecular formula is C17H16BrNO4S2. The van der Waals surface area contributed by atoms with Crippen molar-refractivity contribution < 1.29 is 17.9 Å². The molecule has 0 N–H and O–H groups in total. The Morgan fingerprint density at radius 1 is 1.12 bits per heavy atom. The fourth-order valence-electron chi connectivity index (χ4n) is 2.40. The van der Waals surface area contributed by atoms with Crippen LogP contribution in [0.3, 0.4) is 0 Å². The summed E-state index contributed by atoms with van der Waals surface area (Å²) in [4.78, 5) is 13.4. The van der Waals surface area contributed by atoms with E-state index in [2.05, 4.69) is 15.9 Å². The zero-order chi connectivity index (χ0) is 17.9. The molecular weight excluding hydrogens is 426 g/mol. The lowest BCUT2D eigenvalue weighted by molar-refractivity contribution is 0.0730. The van der Waals surface area contributed by atoms with E-state index in [1.54, 1.807) is 18.2 Å². The molecule has 0 unspecified atom stereocenters. The van der Waals surface area contributed by atoms with Crippen molar-refractivity contribution in [2.45, 2.75) is 4.90 Å². The Morgan fingerprint density at radius 2 is 1.80 bits per heavy atom. The third-order valence-electron chi connectivity index (χ3n) is 3.74. The van der Waals surface area contributed by atoms with Gasteiger partial charge in [0.05, 0.1) is 21.9 Å². The molecule has 1 aliphatic heterocycles. The predicted octanol–water partition coefficient (Wildman–Crippen LogP) is 3.43. The van der Waals surface area contributed by atoms with E-state index in [9.17, 15) is 13.2 Å². The molecule has 132 valence electrons. The number of allylic oxidation sites excluding steroid dienone is 1. The predicted molar refractivity (Wildman–Crippen MR) is 101 cm³/mol. The van der Waals surface area contributed by atoms with Crippen molar-refractivity contribution in [3.63, 3.8) is 0 Å². The number of hydrogen-bond donors (Lipinski definition) is 0. The summed E-state index contributed by atoms with van der Waals surface area (Å²) >= 11 is 4.90. The van der Waals surface area contributed by atoms with Gasteiger partial charge in [0.1, 0.15) is 0 Å². The summed E-state index contributed by atoms with van der Waals surface area (Å²) < 4.78 is 32.7. The van der Waals surface area contributed by atoms with Gasteiger partial charge in [0, 0.05) is 23.5 Å². The minimum absolute atomic E-state index is 0.167. The number of rotatable bonds is 5. The molecule has 0 aliphatic carbocycles. The first-order valence-electron chi connectivity index (χ1n) is 7.62. The SMILES string of the molecule is O=C(C=Cc1ccc(Br)s1)c1ccc(S(=O)(=O)N2CCOCC2)cc1. The number of thiophene rings is 1. The summed E-state index contributed by atoms with van der Waals surface area (Å²) in [7, 11) is -3.54. The molecule has 1 fully saturated rings. The molecule has 3 rings (SSSR count). The maximum Gasteiger partial charge on any atom is 0.243 e. The highest BCUT2D eigenvalue weighted by molar-refractivity contribution is 9.11. The van der Waals surface area contributed by atoms with Gasteiger partial charge in [0.15, 0.2) is 5.78 Å². The third kappa shape index (κ3) is 4.45. The van der Waals surface area contributed by atoms with Crippen LogP contribution in [0.4, 0.5) is 0 Å². The van der Waals surface area contributed by atoms with Gasteiger partial charge >= 0.3 is 0 Å². The van der Waals surface area contributed by atoms with Crippen molar-refractivity contribution in [3.05, 3.63) is 56.7 Å². The molecule has 8 heteroatoms. The molecule has 2 aromatic rings. The fraction of sp³-hybridized carbons (Fsp3) is 0.235. The number of halogens is 1. The minimum Gasteiger partial charge on any atom is -0.379 e. The average Bonchev–Trinajstić information content (AvgIpc) is 3.06. The normalized spacial score (nSPS) is 16.4. The number of sulfonamides is 1. The van der Waals surface area contributed by atoms with Crippen molar-refractivity contribution in [2.24, 2.45) is 0 Å². The molecule has 25 heavy (non-hydrogen) atoms. The number of carbonyl (C=O) groups is 1. The minimum atomic E-state index is -3.54. The quantitative estimate of drug-likeness (QED) is 0.526. The van der Waals surface area contributed by atoms with Gasteiger partial charge < -0.3 is 4.74 Å². The second-order valence-corrected chi connectivity index (χ2v) is 9.81. The highest BCUT2D eigenvalue weighted by atomic mass is 79.9. The van der Waals surface area contributed by atoms with Crippen molar-refractivity contribution >= 4 is 49.1 Å². The van der Waals surface area contributed by atoms with Crippen molar-refractivity contribution in [1.82, 2.24) is 4.31 Å². The number of ether oxygens (including phenoxy) is 1. The summed E-state index contributed by atoms with van der Waals surface area (Å²) in [5, 5.41) is 0. The second kappa shape index (κ2) is 7.92. The van der Waals surface area contributed by atoms with Crippen LogP contribution in [0.1, 0.15) is 15.2 Å². The summed E-state index contributed by atoms with van der Waals surface area (Å²) in [6, 6.07) is 9.88. The maximum atomic E-state index is 12.5. The molecule has 0 saturated carbocycles. The van der Waals surface area contributed by atoms with Crippen LogP contribution in [0, 0.1) is 0 Å². The van der Waals surface area contributed by atoms with Crippen LogP contribution in [0.2, 0.25) is 0 Å². The Hall–Kier alpha value is -1.32. The van der Waals surface area contributed by atoms with Crippen LogP contribution >= 0.6 is 27.3 Å². The topological polar surface area (TPSA) is 63.7 Å². The Kier molecular flexibility index (Phi) is 5.85. The Bertz CT molecular complexity index is 882. The maximum absolute atomic E-state index is 12.5. The first kappa shape index (κ1) is 18.5. The van der Waals surface area contributed by atoms with Gasteiger partial charge in [-0.1, -0.05) is 0 Å². The Balaban J connectivity index is 1.73. The first-order chi connectivity index (χ1) is 12.0. The lowest BCUT2D eigenvalue weighted by Gasteiger charge is -2.26. The van der Waals surface area contributed by atoms with E-state index >= 15 is 0 Å². The van der Waals surface area contributed by atoms with Gasteiger partial charge in [-0.15, -0.1) is 11.3 Å². The molecule has 0 spiro atoms. The van der Waals surface area contributed by atoms with Crippen LogP contribution < -0.4 is 0 Å². The number of carbonyl (C=O) groups excluding carboxylic acids is 1. The summed E-state index contributed by atoms with van der Waals surface area (Å²) in [5.41, 5.74) is 0.452. The molecule has 1 saturated heterocycles. The van der Waals surface area contributed by atoms with E-state index < -0.39 is 10.0 Å². The highest BCUT2D eigenvalue weighted by Gasteiger charge is 2.26. The lowest BCUT2D eigenvalue weighted by atomic mass is 10.1. The molecule has 1 aliphatic rings. The summed E-state index contributed by atoms with van der Waals surface area (Å²) in [6.45, 7) is 1.50. The molecule has 1 aromatic carbocycles. The van der Waals surface area contributed by atoms with E-state index in [1.807, 2.05) is 12.1 Å². The van der Waals surface area contributed by atoms with E-state index in [4.69, 9.17) is 4.74 Å². The van der Waals surface area contributed by atoms with Crippen molar-refractivity contribution in [3.8, 4) is 0 Å². The van der Waals surface area contributed by atoms with Crippen LogP contribution in [-0.4, -0.2) is 44.8 Å². The second-order valence-electron chi connectivity index (χ2n) is 5.38. The smallest absolute Gasteiger partial charge is 0.243 e. The molecule has 1 aromatic heterocycles. The zero-order valence-electron chi connectivity index (χ0n) is 13.2. The Morgan fingerprint density at radius 3 is 2.40 bits per heavy atom. The lowest BCUT2D eigenvalue weighted by Crippen LogP contribution is -2.40. The largest absolute Gasteiger partial charge is 0.379 e. The van der Waals surface area contributed by atoms with Gasteiger partial charge in [-0.05, 0) is 64.5 Å². The van der Waals surface area contributed by atoms with Crippen LogP contribution in [0.15, 0.2) is 51.2 Å². The molecule has 0 radical (unpaired) electrons.